The molecule has 0 unspecified atom stereocenters. The molecule has 0 saturated heterocycles. The summed E-state index contributed by atoms with van der Waals surface area (Å²) < 4.78 is 12.2. The molecule has 2 aromatic rings. The predicted molar refractivity (Wildman–Crippen MR) is 95.6 cm³/mol. The van der Waals surface area contributed by atoms with Crippen molar-refractivity contribution in [3.05, 3.63) is 40.6 Å². The van der Waals surface area contributed by atoms with Gasteiger partial charge in [0, 0.05) is 6.07 Å². The van der Waals surface area contributed by atoms with Gasteiger partial charge in [0.05, 0.1) is 30.3 Å². The number of anilines is 1. The van der Waals surface area contributed by atoms with Crippen LogP contribution in [0, 0.1) is 10.1 Å². The van der Waals surface area contributed by atoms with Crippen molar-refractivity contribution in [1.29, 1.82) is 0 Å². The molecule has 2 rings (SSSR count). The number of methoxy groups -OCH3 is 1. The molecule has 26 heavy (non-hydrogen) atoms. The second-order valence-corrected chi connectivity index (χ2v) is 5.76. The van der Waals surface area contributed by atoms with E-state index in [1.807, 2.05) is 13.8 Å². The number of hydrogen-bond acceptors (Lipinski definition) is 6. The Morgan fingerprint density at radius 1 is 1.38 bits per heavy atom. The molecule has 1 heterocycles. The molecule has 0 radical (unpaired) electrons. The van der Waals surface area contributed by atoms with Gasteiger partial charge >= 0.3 is 5.69 Å². The molecule has 140 valence electrons. The number of nitro benzene ring substituents is 1. The zero-order chi connectivity index (χ0) is 19.3. The van der Waals surface area contributed by atoms with E-state index in [4.69, 9.17) is 9.47 Å². The number of carbonyl (C=O) groups excluding carboxylic acids is 1. The number of amides is 1. The maximum atomic E-state index is 12.4. The molecular weight excluding hydrogens is 340 g/mol. The first-order valence-corrected chi connectivity index (χ1v) is 8.20. The van der Waals surface area contributed by atoms with Crippen LogP contribution in [0.5, 0.6) is 11.5 Å². The van der Waals surface area contributed by atoms with Crippen LogP contribution in [0.2, 0.25) is 0 Å². The Balaban J connectivity index is 2.13. The van der Waals surface area contributed by atoms with Gasteiger partial charge < -0.3 is 14.8 Å². The van der Waals surface area contributed by atoms with E-state index in [2.05, 4.69) is 10.4 Å². The molecule has 9 heteroatoms. The van der Waals surface area contributed by atoms with Gasteiger partial charge in [0.1, 0.15) is 11.6 Å². The van der Waals surface area contributed by atoms with Crippen molar-refractivity contribution in [3.63, 3.8) is 0 Å². The fraction of sp³-hybridized carbons (Fsp3) is 0.412. The van der Waals surface area contributed by atoms with Gasteiger partial charge in [0.15, 0.2) is 11.9 Å². The summed E-state index contributed by atoms with van der Waals surface area (Å²) in [6.45, 7) is 5.53. The van der Waals surface area contributed by atoms with E-state index in [1.165, 1.54) is 32.2 Å². The van der Waals surface area contributed by atoms with E-state index in [-0.39, 0.29) is 17.5 Å². The van der Waals surface area contributed by atoms with E-state index in [0.29, 0.717) is 11.6 Å². The van der Waals surface area contributed by atoms with Gasteiger partial charge in [0.2, 0.25) is 0 Å². The average Bonchev–Trinajstić information content (AvgIpc) is 3.09. The zero-order valence-corrected chi connectivity index (χ0v) is 15.1. The number of hydrogen-bond donors (Lipinski definition) is 1. The van der Waals surface area contributed by atoms with Crippen LogP contribution in [0.3, 0.4) is 0 Å². The lowest BCUT2D eigenvalue weighted by Crippen LogP contribution is -2.31. The molecule has 1 amide bonds. The normalized spacial score (nSPS) is 12.9. The van der Waals surface area contributed by atoms with Crippen LogP contribution in [0.4, 0.5) is 11.5 Å². The Morgan fingerprint density at radius 2 is 2.12 bits per heavy atom. The predicted octanol–water partition coefficient (Wildman–Crippen LogP) is 3.18. The third-order valence-corrected chi connectivity index (χ3v) is 3.97. The van der Waals surface area contributed by atoms with Crippen LogP contribution < -0.4 is 14.8 Å². The van der Waals surface area contributed by atoms with E-state index in [0.717, 1.165) is 6.42 Å². The highest BCUT2D eigenvalue weighted by molar-refractivity contribution is 5.93. The smallest absolute Gasteiger partial charge is 0.314 e. The van der Waals surface area contributed by atoms with Gasteiger partial charge in [-0.05, 0) is 32.4 Å². The van der Waals surface area contributed by atoms with Crippen molar-refractivity contribution in [2.75, 3.05) is 12.4 Å². The van der Waals surface area contributed by atoms with Crippen LogP contribution in [-0.2, 0) is 4.79 Å². The number of nitrogens with zero attached hydrogens (tertiary/aromatic N) is 3. The quantitative estimate of drug-likeness (QED) is 0.571. The van der Waals surface area contributed by atoms with Crippen molar-refractivity contribution in [1.82, 2.24) is 9.78 Å². The molecule has 1 N–H and O–H groups in total. The van der Waals surface area contributed by atoms with Gasteiger partial charge in [-0.3, -0.25) is 14.9 Å². The molecule has 0 aliphatic carbocycles. The first-order valence-electron chi connectivity index (χ1n) is 8.20. The van der Waals surface area contributed by atoms with Crippen LogP contribution in [0.25, 0.3) is 0 Å². The Labute approximate surface area is 151 Å². The van der Waals surface area contributed by atoms with Gasteiger partial charge in [-0.15, -0.1) is 0 Å². The third-order valence-electron chi connectivity index (χ3n) is 3.97. The van der Waals surface area contributed by atoms with Crippen molar-refractivity contribution in [2.45, 2.75) is 39.3 Å². The van der Waals surface area contributed by atoms with E-state index < -0.39 is 16.9 Å². The molecule has 1 aromatic heterocycles. The molecular formula is C17H22N4O5. The standard InChI is InChI=1S/C17H22N4O5/c1-5-11(2)20-16(8-9-18-20)19-17(22)12(3)26-15-7-6-13(25-4)10-14(15)21(23)24/h6-12H,5H2,1-4H3,(H,19,22)/t11-,12+/m0/s1. The molecule has 0 fully saturated rings. The second kappa shape index (κ2) is 8.32. The molecule has 2 atom stereocenters. The Morgan fingerprint density at radius 3 is 2.73 bits per heavy atom. The molecule has 0 aliphatic heterocycles. The first kappa shape index (κ1) is 19.2. The van der Waals surface area contributed by atoms with Gasteiger partial charge in [-0.1, -0.05) is 6.92 Å². The molecule has 0 spiro atoms. The molecule has 9 nitrogen and oxygen atoms in total. The Kier molecular flexibility index (Phi) is 6.16. The lowest BCUT2D eigenvalue weighted by molar-refractivity contribution is -0.386. The summed E-state index contributed by atoms with van der Waals surface area (Å²) in [6.07, 6.45) is 1.51. The van der Waals surface area contributed by atoms with Crippen molar-refractivity contribution in [2.24, 2.45) is 0 Å². The highest BCUT2D eigenvalue weighted by Gasteiger charge is 2.23. The van der Waals surface area contributed by atoms with Crippen molar-refractivity contribution in [3.8, 4) is 11.5 Å². The van der Waals surface area contributed by atoms with Gasteiger partial charge in [0.25, 0.3) is 5.91 Å². The average molecular weight is 362 g/mol. The molecule has 0 bridgehead atoms. The van der Waals surface area contributed by atoms with Crippen molar-refractivity contribution < 1.29 is 19.2 Å². The number of rotatable bonds is 8. The number of aromatic nitrogens is 2. The topological polar surface area (TPSA) is 109 Å². The summed E-state index contributed by atoms with van der Waals surface area (Å²) in [7, 11) is 1.41. The maximum Gasteiger partial charge on any atom is 0.314 e. The number of nitrogens with one attached hydrogen (secondary N) is 1. The van der Waals surface area contributed by atoms with E-state index in [9.17, 15) is 14.9 Å². The Hall–Kier alpha value is -3.10. The third kappa shape index (κ3) is 4.29. The minimum Gasteiger partial charge on any atom is -0.496 e. The lowest BCUT2D eigenvalue weighted by Gasteiger charge is -2.17. The number of ether oxygens (including phenoxy) is 2. The van der Waals surface area contributed by atoms with Gasteiger partial charge in [-0.25, -0.2) is 4.68 Å². The van der Waals surface area contributed by atoms with Crippen molar-refractivity contribution >= 4 is 17.4 Å². The number of nitro groups is 1. The molecule has 0 aliphatic rings. The fourth-order valence-electron chi connectivity index (χ4n) is 2.28. The lowest BCUT2D eigenvalue weighted by atomic mass is 10.2. The summed E-state index contributed by atoms with van der Waals surface area (Å²) in [6, 6.07) is 6.00. The highest BCUT2D eigenvalue weighted by atomic mass is 16.6. The van der Waals surface area contributed by atoms with Crippen LogP contribution >= 0.6 is 0 Å². The minimum absolute atomic E-state index is 0.00566. The summed E-state index contributed by atoms with van der Waals surface area (Å²) in [5.41, 5.74) is -0.270. The summed E-state index contributed by atoms with van der Waals surface area (Å²) in [5.74, 6) is 0.441. The Bertz CT molecular complexity index is 789. The monoisotopic (exact) mass is 362 g/mol. The first-order chi connectivity index (χ1) is 12.4. The highest BCUT2D eigenvalue weighted by Crippen LogP contribution is 2.31. The number of benzene rings is 1. The van der Waals surface area contributed by atoms with Crippen LogP contribution in [0.15, 0.2) is 30.5 Å². The fourth-order valence-corrected chi connectivity index (χ4v) is 2.28. The van der Waals surface area contributed by atoms with E-state index in [1.54, 1.807) is 16.9 Å². The van der Waals surface area contributed by atoms with Crippen LogP contribution in [0.1, 0.15) is 33.2 Å². The van der Waals surface area contributed by atoms with Gasteiger partial charge in [-0.2, -0.15) is 5.10 Å². The minimum atomic E-state index is -0.942. The second-order valence-electron chi connectivity index (χ2n) is 5.76. The number of carbonyl (C=O) groups is 1. The molecule has 0 saturated carbocycles. The SMILES string of the molecule is CC[C@H](C)n1nccc1NC(=O)[C@@H](C)Oc1ccc(OC)cc1[N+](=O)[O-]. The zero-order valence-electron chi connectivity index (χ0n) is 15.1. The summed E-state index contributed by atoms with van der Waals surface area (Å²) in [4.78, 5) is 23.0. The summed E-state index contributed by atoms with van der Waals surface area (Å²) in [5, 5.41) is 18.1. The maximum absolute atomic E-state index is 12.4. The summed E-state index contributed by atoms with van der Waals surface area (Å²) >= 11 is 0. The largest absolute Gasteiger partial charge is 0.496 e. The van der Waals surface area contributed by atoms with E-state index >= 15 is 0 Å². The van der Waals surface area contributed by atoms with Crippen LogP contribution in [-0.4, -0.2) is 33.8 Å². The molecule has 1 aromatic carbocycles.